The van der Waals surface area contributed by atoms with Crippen molar-refractivity contribution in [3.63, 3.8) is 0 Å². The third-order valence-corrected chi connectivity index (χ3v) is 2.22. The van der Waals surface area contributed by atoms with Crippen molar-refractivity contribution >= 4 is 5.97 Å². The lowest BCUT2D eigenvalue weighted by Crippen LogP contribution is -2.25. The van der Waals surface area contributed by atoms with E-state index in [-0.39, 0.29) is 24.1 Å². The molecular weight excluding hydrogens is 180 g/mol. The Labute approximate surface area is 86.5 Å². The predicted octanol–water partition coefficient (Wildman–Crippen LogP) is 2.13. The van der Waals surface area contributed by atoms with Gasteiger partial charge in [-0.1, -0.05) is 27.7 Å². The highest BCUT2D eigenvalue weighted by Crippen LogP contribution is 2.11. The molecule has 0 saturated carbocycles. The molecule has 0 aromatic carbocycles. The van der Waals surface area contributed by atoms with Crippen molar-refractivity contribution < 1.29 is 14.6 Å². The number of aliphatic hydroxyl groups is 1. The zero-order valence-corrected chi connectivity index (χ0v) is 9.62. The van der Waals surface area contributed by atoms with Crippen LogP contribution in [0, 0.1) is 5.92 Å². The van der Waals surface area contributed by atoms with Crippen LogP contribution in [0.1, 0.15) is 47.0 Å². The Hall–Kier alpha value is -0.570. The van der Waals surface area contributed by atoms with Gasteiger partial charge in [0, 0.05) is 6.42 Å². The van der Waals surface area contributed by atoms with E-state index in [1.807, 2.05) is 27.7 Å². The summed E-state index contributed by atoms with van der Waals surface area (Å²) in [5.41, 5.74) is 0. The topological polar surface area (TPSA) is 46.5 Å². The third kappa shape index (κ3) is 5.22. The Kier molecular flexibility index (Phi) is 6.54. The third-order valence-electron chi connectivity index (χ3n) is 2.22. The molecule has 84 valence electrons. The second-order valence-electron chi connectivity index (χ2n) is 3.92. The molecule has 0 bridgehead atoms. The normalized spacial score (nSPS) is 15.3. The zero-order chi connectivity index (χ0) is 11.1. The number of carbonyl (C=O) groups excluding carboxylic acids is 1. The Balaban J connectivity index is 3.96. The second-order valence-corrected chi connectivity index (χ2v) is 3.92. The van der Waals surface area contributed by atoms with E-state index in [1.54, 1.807) is 0 Å². The number of aliphatic hydroxyl groups excluding tert-OH is 1. The summed E-state index contributed by atoms with van der Waals surface area (Å²) in [6.45, 7) is 7.50. The second kappa shape index (κ2) is 6.82. The number of ether oxygens (including phenoxy) is 1. The maximum absolute atomic E-state index is 11.3. The number of hydrogen-bond acceptors (Lipinski definition) is 3. The van der Waals surface area contributed by atoms with Crippen molar-refractivity contribution in [2.75, 3.05) is 0 Å². The molecular formula is C11H22O3. The van der Waals surface area contributed by atoms with Gasteiger partial charge in [-0.15, -0.1) is 0 Å². The van der Waals surface area contributed by atoms with Crippen LogP contribution in [0.4, 0.5) is 0 Å². The van der Waals surface area contributed by atoms with Crippen LogP contribution in [0.25, 0.3) is 0 Å². The van der Waals surface area contributed by atoms with Crippen molar-refractivity contribution in [2.24, 2.45) is 5.92 Å². The minimum absolute atomic E-state index is 0.0946. The molecule has 0 radical (unpaired) electrons. The summed E-state index contributed by atoms with van der Waals surface area (Å²) in [7, 11) is 0. The lowest BCUT2D eigenvalue weighted by Gasteiger charge is -2.19. The van der Waals surface area contributed by atoms with Crippen molar-refractivity contribution in [2.45, 2.75) is 59.2 Å². The SMILES string of the molecule is CCC(O)CC(CC)OC(=O)C(C)C. The highest BCUT2D eigenvalue weighted by Gasteiger charge is 2.17. The number of hydrogen-bond donors (Lipinski definition) is 1. The van der Waals surface area contributed by atoms with Gasteiger partial charge in [0.15, 0.2) is 0 Å². The molecule has 0 aromatic rings. The molecule has 14 heavy (non-hydrogen) atoms. The molecule has 2 unspecified atom stereocenters. The molecule has 0 aliphatic heterocycles. The molecule has 1 N–H and O–H groups in total. The quantitative estimate of drug-likeness (QED) is 0.671. The summed E-state index contributed by atoms with van der Waals surface area (Å²) in [4.78, 5) is 11.3. The standard InChI is InChI=1S/C11H22O3/c1-5-9(12)7-10(6-2)14-11(13)8(3)4/h8-10,12H,5-7H2,1-4H3. The Bertz CT molecular complexity index is 166. The van der Waals surface area contributed by atoms with Gasteiger partial charge in [-0.2, -0.15) is 0 Å². The van der Waals surface area contributed by atoms with E-state index >= 15 is 0 Å². The van der Waals surface area contributed by atoms with Crippen LogP contribution in [0.15, 0.2) is 0 Å². The van der Waals surface area contributed by atoms with Crippen LogP contribution in [0.2, 0.25) is 0 Å². The summed E-state index contributed by atoms with van der Waals surface area (Å²) in [5, 5.41) is 9.42. The monoisotopic (exact) mass is 202 g/mol. The maximum atomic E-state index is 11.3. The molecule has 0 aliphatic carbocycles. The molecule has 3 heteroatoms. The van der Waals surface area contributed by atoms with Gasteiger partial charge < -0.3 is 9.84 Å². The molecule has 3 nitrogen and oxygen atoms in total. The molecule has 0 spiro atoms. The van der Waals surface area contributed by atoms with E-state index < -0.39 is 0 Å². The van der Waals surface area contributed by atoms with Gasteiger partial charge in [0.05, 0.1) is 12.0 Å². The molecule has 0 amide bonds. The number of esters is 1. The Morgan fingerprint density at radius 3 is 2.21 bits per heavy atom. The van der Waals surface area contributed by atoms with Crippen LogP contribution >= 0.6 is 0 Å². The van der Waals surface area contributed by atoms with Gasteiger partial charge in [-0.05, 0) is 12.8 Å². The fourth-order valence-electron chi connectivity index (χ4n) is 1.07. The first-order valence-corrected chi connectivity index (χ1v) is 5.39. The first-order valence-electron chi connectivity index (χ1n) is 5.39. The summed E-state index contributed by atoms with van der Waals surface area (Å²) in [6.07, 6.45) is 1.51. The smallest absolute Gasteiger partial charge is 0.308 e. The summed E-state index contributed by atoms with van der Waals surface area (Å²) >= 11 is 0. The number of rotatable bonds is 6. The predicted molar refractivity (Wildman–Crippen MR) is 55.9 cm³/mol. The van der Waals surface area contributed by atoms with Crippen LogP contribution in [0.5, 0.6) is 0 Å². The molecule has 0 aliphatic rings. The van der Waals surface area contributed by atoms with Crippen molar-refractivity contribution in [3.8, 4) is 0 Å². The van der Waals surface area contributed by atoms with Crippen molar-refractivity contribution in [1.82, 2.24) is 0 Å². The van der Waals surface area contributed by atoms with Gasteiger partial charge in [0.1, 0.15) is 6.10 Å². The molecule has 0 heterocycles. The minimum Gasteiger partial charge on any atom is -0.462 e. The fourth-order valence-corrected chi connectivity index (χ4v) is 1.07. The summed E-state index contributed by atoms with van der Waals surface area (Å²) < 4.78 is 5.23. The van der Waals surface area contributed by atoms with Crippen LogP contribution < -0.4 is 0 Å². The van der Waals surface area contributed by atoms with E-state index in [0.717, 1.165) is 6.42 Å². The highest BCUT2D eigenvalue weighted by molar-refractivity contribution is 5.71. The first kappa shape index (κ1) is 13.4. The van der Waals surface area contributed by atoms with Crippen LogP contribution in [-0.4, -0.2) is 23.3 Å². The molecule has 0 aromatic heterocycles. The average molecular weight is 202 g/mol. The minimum atomic E-state index is -0.361. The lowest BCUT2D eigenvalue weighted by molar-refractivity contribution is -0.154. The van der Waals surface area contributed by atoms with E-state index in [9.17, 15) is 9.90 Å². The Morgan fingerprint density at radius 2 is 1.86 bits per heavy atom. The highest BCUT2D eigenvalue weighted by atomic mass is 16.5. The Morgan fingerprint density at radius 1 is 1.29 bits per heavy atom. The van der Waals surface area contributed by atoms with Crippen molar-refractivity contribution in [1.29, 1.82) is 0 Å². The van der Waals surface area contributed by atoms with Gasteiger partial charge in [-0.3, -0.25) is 4.79 Å². The van der Waals surface area contributed by atoms with E-state index in [1.165, 1.54) is 0 Å². The van der Waals surface area contributed by atoms with Crippen LogP contribution in [-0.2, 0) is 9.53 Å². The molecule has 0 saturated heterocycles. The first-order chi connectivity index (χ1) is 6.51. The van der Waals surface area contributed by atoms with E-state index in [4.69, 9.17) is 4.74 Å². The van der Waals surface area contributed by atoms with Gasteiger partial charge in [-0.25, -0.2) is 0 Å². The average Bonchev–Trinajstić information content (AvgIpc) is 2.16. The summed E-state index contributed by atoms with van der Waals surface area (Å²) in [5.74, 6) is -0.275. The van der Waals surface area contributed by atoms with Gasteiger partial charge in [0.25, 0.3) is 0 Å². The molecule has 0 fully saturated rings. The maximum Gasteiger partial charge on any atom is 0.308 e. The van der Waals surface area contributed by atoms with Gasteiger partial charge in [0.2, 0.25) is 0 Å². The van der Waals surface area contributed by atoms with Gasteiger partial charge >= 0.3 is 5.97 Å². The number of carbonyl (C=O) groups is 1. The fraction of sp³-hybridized carbons (Fsp3) is 0.909. The van der Waals surface area contributed by atoms with E-state index in [0.29, 0.717) is 12.8 Å². The van der Waals surface area contributed by atoms with Crippen LogP contribution in [0.3, 0.4) is 0 Å². The van der Waals surface area contributed by atoms with E-state index in [2.05, 4.69) is 0 Å². The lowest BCUT2D eigenvalue weighted by atomic mass is 10.1. The summed E-state index contributed by atoms with van der Waals surface area (Å²) in [6, 6.07) is 0. The van der Waals surface area contributed by atoms with Crippen molar-refractivity contribution in [3.05, 3.63) is 0 Å². The molecule has 0 rings (SSSR count). The molecule has 2 atom stereocenters. The largest absolute Gasteiger partial charge is 0.462 e. The zero-order valence-electron chi connectivity index (χ0n) is 9.62.